The van der Waals surface area contributed by atoms with E-state index in [9.17, 15) is 0 Å². The summed E-state index contributed by atoms with van der Waals surface area (Å²) >= 11 is 0. The van der Waals surface area contributed by atoms with Crippen LogP contribution in [0.2, 0.25) is 0 Å². The lowest BCUT2D eigenvalue weighted by Gasteiger charge is -2.18. The van der Waals surface area contributed by atoms with E-state index in [0.29, 0.717) is 0 Å². The van der Waals surface area contributed by atoms with Gasteiger partial charge in [-0.1, -0.05) is 6.92 Å². The van der Waals surface area contributed by atoms with E-state index < -0.39 is 0 Å². The molecule has 0 N–H and O–H groups in total. The van der Waals surface area contributed by atoms with Crippen molar-refractivity contribution in [1.82, 2.24) is 14.9 Å². The van der Waals surface area contributed by atoms with Crippen LogP contribution in [0.1, 0.15) is 23.9 Å². The molecule has 0 bridgehead atoms. The first-order valence-electron chi connectivity index (χ1n) is 6.38. The van der Waals surface area contributed by atoms with E-state index in [1.54, 1.807) is 13.4 Å². The third-order valence-corrected chi connectivity index (χ3v) is 3.41. The molecule has 17 heavy (non-hydrogen) atoms. The molecule has 4 nitrogen and oxygen atoms in total. The highest BCUT2D eigenvalue weighted by atomic mass is 16.5. The second-order valence-electron chi connectivity index (χ2n) is 4.43. The summed E-state index contributed by atoms with van der Waals surface area (Å²) in [5, 5.41) is 0. The molecule has 1 aliphatic rings. The van der Waals surface area contributed by atoms with Crippen LogP contribution in [0.25, 0.3) is 0 Å². The van der Waals surface area contributed by atoms with Gasteiger partial charge in [0.2, 0.25) is 0 Å². The molecule has 4 heteroatoms. The number of hydrogen-bond acceptors (Lipinski definition) is 4. The van der Waals surface area contributed by atoms with Crippen molar-refractivity contribution >= 4 is 0 Å². The van der Waals surface area contributed by atoms with Gasteiger partial charge in [0.1, 0.15) is 6.33 Å². The van der Waals surface area contributed by atoms with Gasteiger partial charge in [0.05, 0.1) is 6.61 Å². The van der Waals surface area contributed by atoms with Crippen LogP contribution in [0.4, 0.5) is 0 Å². The Hall–Kier alpha value is -1.00. The molecule has 0 fully saturated rings. The Labute approximate surface area is 103 Å². The fourth-order valence-electron chi connectivity index (χ4n) is 2.39. The van der Waals surface area contributed by atoms with Gasteiger partial charge in [-0.25, -0.2) is 9.97 Å². The highest BCUT2D eigenvalue weighted by Gasteiger charge is 2.17. The molecule has 0 radical (unpaired) electrons. The summed E-state index contributed by atoms with van der Waals surface area (Å²) < 4.78 is 5.14. The maximum absolute atomic E-state index is 5.14. The summed E-state index contributed by atoms with van der Waals surface area (Å²) in [5.74, 6) is 0. The third-order valence-electron chi connectivity index (χ3n) is 3.41. The molecular formula is C13H21N3O. The molecule has 0 saturated carbocycles. The summed E-state index contributed by atoms with van der Waals surface area (Å²) in [7, 11) is 1.76. The molecule has 0 amide bonds. The number of rotatable bonds is 4. The quantitative estimate of drug-likeness (QED) is 0.783. The van der Waals surface area contributed by atoms with Crippen LogP contribution in [0, 0.1) is 0 Å². The second kappa shape index (κ2) is 6.07. The van der Waals surface area contributed by atoms with Gasteiger partial charge in [-0.15, -0.1) is 0 Å². The number of fused-ring (bicyclic) bond motifs is 1. The molecule has 0 spiro atoms. The van der Waals surface area contributed by atoms with E-state index >= 15 is 0 Å². The van der Waals surface area contributed by atoms with E-state index in [2.05, 4.69) is 21.8 Å². The average molecular weight is 235 g/mol. The molecule has 2 rings (SSSR count). The molecule has 1 aromatic rings. The summed E-state index contributed by atoms with van der Waals surface area (Å²) in [6, 6.07) is 0. The SMILES string of the molecule is CCc1ncnc2c1CCN(CCOC)CC2. The number of ether oxygens (including phenoxy) is 1. The smallest absolute Gasteiger partial charge is 0.115 e. The average Bonchev–Trinajstić information content (AvgIpc) is 2.58. The van der Waals surface area contributed by atoms with Crippen molar-refractivity contribution in [2.45, 2.75) is 26.2 Å². The van der Waals surface area contributed by atoms with Gasteiger partial charge in [0, 0.05) is 44.6 Å². The first kappa shape index (κ1) is 12.5. The van der Waals surface area contributed by atoms with E-state index in [4.69, 9.17) is 4.74 Å². The van der Waals surface area contributed by atoms with Gasteiger partial charge in [-0.05, 0) is 18.4 Å². The van der Waals surface area contributed by atoms with Gasteiger partial charge in [-0.3, -0.25) is 0 Å². The largest absolute Gasteiger partial charge is 0.383 e. The molecular weight excluding hydrogens is 214 g/mol. The van der Waals surface area contributed by atoms with E-state index in [1.807, 2.05) is 0 Å². The Bertz CT molecular complexity index is 368. The summed E-state index contributed by atoms with van der Waals surface area (Å²) in [6.07, 6.45) is 4.82. The fourth-order valence-corrected chi connectivity index (χ4v) is 2.39. The van der Waals surface area contributed by atoms with Crippen molar-refractivity contribution in [3.8, 4) is 0 Å². The lowest BCUT2D eigenvalue weighted by molar-refractivity contribution is 0.150. The first-order valence-corrected chi connectivity index (χ1v) is 6.38. The number of aryl methyl sites for hydroxylation is 1. The zero-order valence-corrected chi connectivity index (χ0v) is 10.8. The molecule has 0 aliphatic carbocycles. The predicted octanol–water partition coefficient (Wildman–Crippen LogP) is 1.09. The number of methoxy groups -OCH3 is 1. The minimum atomic E-state index is 0.808. The Morgan fingerprint density at radius 2 is 2.12 bits per heavy atom. The molecule has 1 aliphatic heterocycles. The lowest BCUT2D eigenvalue weighted by Crippen LogP contribution is -2.29. The zero-order chi connectivity index (χ0) is 12.1. The molecule has 0 unspecified atom stereocenters. The Morgan fingerprint density at radius 3 is 2.88 bits per heavy atom. The zero-order valence-electron chi connectivity index (χ0n) is 10.8. The van der Waals surface area contributed by atoms with Crippen LogP contribution in [-0.4, -0.2) is 48.2 Å². The maximum atomic E-state index is 5.14. The minimum Gasteiger partial charge on any atom is -0.383 e. The van der Waals surface area contributed by atoms with Gasteiger partial charge in [0.25, 0.3) is 0 Å². The van der Waals surface area contributed by atoms with Crippen molar-refractivity contribution in [2.24, 2.45) is 0 Å². The van der Waals surface area contributed by atoms with Gasteiger partial charge in [-0.2, -0.15) is 0 Å². The summed E-state index contributed by atoms with van der Waals surface area (Å²) in [4.78, 5) is 11.3. The second-order valence-corrected chi connectivity index (χ2v) is 4.43. The third kappa shape index (κ3) is 3.01. The molecule has 0 aromatic carbocycles. The van der Waals surface area contributed by atoms with Crippen LogP contribution < -0.4 is 0 Å². The standard InChI is InChI=1S/C13H21N3O/c1-3-12-11-4-6-16(8-9-17-2)7-5-13(11)15-10-14-12/h10H,3-9H2,1-2H3. The monoisotopic (exact) mass is 235 g/mol. The molecule has 2 heterocycles. The number of nitrogens with zero attached hydrogens (tertiary/aromatic N) is 3. The van der Waals surface area contributed by atoms with Gasteiger partial charge >= 0.3 is 0 Å². The summed E-state index contributed by atoms with van der Waals surface area (Å²) in [5.41, 5.74) is 3.86. The highest BCUT2D eigenvalue weighted by molar-refractivity contribution is 5.26. The van der Waals surface area contributed by atoms with E-state index in [-0.39, 0.29) is 0 Å². The van der Waals surface area contributed by atoms with E-state index in [1.165, 1.54) is 17.0 Å². The van der Waals surface area contributed by atoms with Crippen LogP contribution in [0.5, 0.6) is 0 Å². The molecule has 94 valence electrons. The van der Waals surface area contributed by atoms with Crippen LogP contribution >= 0.6 is 0 Å². The maximum Gasteiger partial charge on any atom is 0.115 e. The molecule has 1 aromatic heterocycles. The topological polar surface area (TPSA) is 38.2 Å². The molecule has 0 saturated heterocycles. The number of hydrogen-bond donors (Lipinski definition) is 0. The van der Waals surface area contributed by atoms with Gasteiger partial charge < -0.3 is 9.64 Å². The fraction of sp³-hybridized carbons (Fsp3) is 0.692. The van der Waals surface area contributed by atoms with Crippen molar-refractivity contribution in [2.75, 3.05) is 33.4 Å². The predicted molar refractivity (Wildman–Crippen MR) is 67.1 cm³/mol. The van der Waals surface area contributed by atoms with Crippen molar-refractivity contribution < 1.29 is 4.74 Å². The van der Waals surface area contributed by atoms with Crippen molar-refractivity contribution in [3.05, 3.63) is 23.3 Å². The Morgan fingerprint density at radius 1 is 1.29 bits per heavy atom. The Balaban J connectivity index is 2.07. The van der Waals surface area contributed by atoms with Crippen molar-refractivity contribution in [1.29, 1.82) is 0 Å². The number of aromatic nitrogens is 2. The van der Waals surface area contributed by atoms with Gasteiger partial charge in [0.15, 0.2) is 0 Å². The highest BCUT2D eigenvalue weighted by Crippen LogP contribution is 2.16. The first-order chi connectivity index (χ1) is 8.35. The van der Waals surface area contributed by atoms with Crippen LogP contribution in [0.15, 0.2) is 6.33 Å². The normalized spacial score (nSPS) is 16.6. The van der Waals surface area contributed by atoms with E-state index in [0.717, 1.165) is 45.5 Å². The Kier molecular flexibility index (Phi) is 4.45. The molecule has 0 atom stereocenters. The van der Waals surface area contributed by atoms with Crippen LogP contribution in [0.3, 0.4) is 0 Å². The lowest BCUT2D eigenvalue weighted by atomic mass is 10.1. The van der Waals surface area contributed by atoms with Crippen LogP contribution in [-0.2, 0) is 24.0 Å². The summed E-state index contributed by atoms with van der Waals surface area (Å²) in [6.45, 7) is 6.16. The van der Waals surface area contributed by atoms with Crippen molar-refractivity contribution in [3.63, 3.8) is 0 Å². The minimum absolute atomic E-state index is 0.808.